The smallest absolute Gasteiger partial charge is 0.397 e. The molecule has 0 fully saturated rings. The van der Waals surface area contributed by atoms with E-state index < -0.39 is 17.6 Å². The Bertz CT molecular complexity index is 889. The van der Waals surface area contributed by atoms with Gasteiger partial charge in [-0.2, -0.15) is 13.2 Å². The maximum absolute atomic E-state index is 12.7. The fourth-order valence-electron chi connectivity index (χ4n) is 2.08. The molecule has 4 nitrogen and oxygen atoms in total. The van der Waals surface area contributed by atoms with Gasteiger partial charge < -0.3 is 11.1 Å². The van der Waals surface area contributed by atoms with Crippen molar-refractivity contribution in [3.8, 4) is 0 Å². The van der Waals surface area contributed by atoms with Crippen LogP contribution in [0.3, 0.4) is 0 Å². The standard InChI is InChI=1S/C15H10F3N3OS/c16-15(17,18)8-3-1-4-9(7-8)21-13(22)12-11(19)10-5-2-6-20-14(10)23-12/h1-7H,19H2,(H,21,22). The van der Waals surface area contributed by atoms with Gasteiger partial charge in [0.1, 0.15) is 9.71 Å². The topological polar surface area (TPSA) is 68.0 Å². The second kappa shape index (κ2) is 5.54. The van der Waals surface area contributed by atoms with E-state index >= 15 is 0 Å². The molecule has 3 aromatic rings. The van der Waals surface area contributed by atoms with Crippen LogP contribution in [-0.4, -0.2) is 10.9 Å². The summed E-state index contributed by atoms with van der Waals surface area (Å²) in [5, 5.41) is 3.08. The number of hydrogen-bond acceptors (Lipinski definition) is 4. The number of amides is 1. The predicted octanol–water partition coefficient (Wildman–Crippen LogP) is 4.15. The Labute approximate surface area is 132 Å². The number of thiophene rings is 1. The molecule has 0 atom stereocenters. The van der Waals surface area contributed by atoms with Gasteiger partial charge in [-0.25, -0.2) is 4.98 Å². The minimum absolute atomic E-state index is 0.0506. The SMILES string of the molecule is Nc1c(C(=O)Nc2cccc(C(F)(F)F)c2)sc2ncccc12. The number of pyridine rings is 1. The lowest BCUT2D eigenvalue weighted by Crippen LogP contribution is -2.13. The summed E-state index contributed by atoms with van der Waals surface area (Å²) in [7, 11) is 0. The van der Waals surface area contributed by atoms with Crippen molar-refractivity contribution in [3.63, 3.8) is 0 Å². The van der Waals surface area contributed by atoms with Gasteiger partial charge in [-0.05, 0) is 30.3 Å². The maximum Gasteiger partial charge on any atom is 0.416 e. The van der Waals surface area contributed by atoms with Crippen molar-refractivity contribution in [3.05, 3.63) is 53.0 Å². The molecule has 3 rings (SSSR count). The van der Waals surface area contributed by atoms with Gasteiger partial charge in [0.05, 0.1) is 11.3 Å². The Hall–Kier alpha value is -2.61. The van der Waals surface area contributed by atoms with Gasteiger partial charge in [-0.3, -0.25) is 4.79 Å². The van der Waals surface area contributed by atoms with Crippen LogP contribution in [0.2, 0.25) is 0 Å². The average Bonchev–Trinajstić information content (AvgIpc) is 2.84. The molecule has 0 bridgehead atoms. The first kappa shape index (κ1) is 15.3. The lowest BCUT2D eigenvalue weighted by molar-refractivity contribution is -0.137. The number of alkyl halides is 3. The molecule has 8 heteroatoms. The molecule has 0 saturated carbocycles. The van der Waals surface area contributed by atoms with Gasteiger partial charge in [0.25, 0.3) is 5.91 Å². The highest BCUT2D eigenvalue weighted by molar-refractivity contribution is 7.21. The molecule has 0 aliphatic carbocycles. The Morgan fingerprint density at radius 2 is 2.00 bits per heavy atom. The van der Waals surface area contributed by atoms with Crippen molar-refractivity contribution in [2.75, 3.05) is 11.1 Å². The van der Waals surface area contributed by atoms with E-state index in [9.17, 15) is 18.0 Å². The first-order valence-electron chi connectivity index (χ1n) is 6.48. The van der Waals surface area contributed by atoms with Crippen LogP contribution in [-0.2, 0) is 6.18 Å². The normalized spacial score (nSPS) is 11.6. The number of benzene rings is 1. The number of carbonyl (C=O) groups is 1. The zero-order valence-corrected chi connectivity index (χ0v) is 12.3. The maximum atomic E-state index is 12.7. The summed E-state index contributed by atoms with van der Waals surface area (Å²) in [5.41, 5.74) is 5.41. The largest absolute Gasteiger partial charge is 0.416 e. The lowest BCUT2D eigenvalue weighted by atomic mass is 10.2. The van der Waals surface area contributed by atoms with Crippen LogP contribution in [0.1, 0.15) is 15.2 Å². The van der Waals surface area contributed by atoms with E-state index in [1.54, 1.807) is 18.3 Å². The molecule has 0 aliphatic rings. The molecular weight excluding hydrogens is 327 g/mol. The molecule has 0 radical (unpaired) electrons. The molecule has 23 heavy (non-hydrogen) atoms. The van der Waals surface area contributed by atoms with E-state index in [0.717, 1.165) is 23.5 Å². The number of nitrogens with two attached hydrogens (primary N) is 1. The second-order valence-corrected chi connectivity index (χ2v) is 5.73. The van der Waals surface area contributed by atoms with Crippen molar-refractivity contribution in [2.24, 2.45) is 0 Å². The number of anilines is 2. The number of hydrogen-bond donors (Lipinski definition) is 2. The summed E-state index contributed by atoms with van der Waals surface area (Å²) in [6, 6.07) is 7.85. The average molecular weight is 337 g/mol. The van der Waals surface area contributed by atoms with Crippen LogP contribution in [0, 0.1) is 0 Å². The van der Waals surface area contributed by atoms with E-state index in [0.29, 0.717) is 10.2 Å². The Morgan fingerprint density at radius 1 is 1.22 bits per heavy atom. The molecule has 118 valence electrons. The fraction of sp³-hybridized carbons (Fsp3) is 0.0667. The minimum Gasteiger partial charge on any atom is -0.397 e. The monoisotopic (exact) mass is 337 g/mol. The molecule has 0 aliphatic heterocycles. The summed E-state index contributed by atoms with van der Waals surface area (Å²) in [6.07, 6.45) is -2.89. The van der Waals surface area contributed by atoms with Gasteiger partial charge in [0.2, 0.25) is 0 Å². The number of fused-ring (bicyclic) bond motifs is 1. The summed E-state index contributed by atoms with van der Waals surface area (Å²) in [6.45, 7) is 0. The van der Waals surface area contributed by atoms with Crippen LogP contribution in [0.15, 0.2) is 42.6 Å². The highest BCUT2D eigenvalue weighted by Gasteiger charge is 2.30. The Morgan fingerprint density at radius 3 is 2.70 bits per heavy atom. The first-order valence-corrected chi connectivity index (χ1v) is 7.29. The van der Waals surface area contributed by atoms with E-state index in [1.807, 2.05) is 0 Å². The Kier molecular flexibility index (Phi) is 3.69. The van der Waals surface area contributed by atoms with Crippen LogP contribution < -0.4 is 11.1 Å². The molecule has 1 aromatic carbocycles. The van der Waals surface area contributed by atoms with Crippen LogP contribution >= 0.6 is 11.3 Å². The van der Waals surface area contributed by atoms with E-state index in [-0.39, 0.29) is 16.3 Å². The molecule has 3 N–H and O–H groups in total. The number of nitrogens with zero attached hydrogens (tertiary/aromatic N) is 1. The first-order chi connectivity index (χ1) is 10.9. The number of nitrogen functional groups attached to an aromatic ring is 1. The van der Waals surface area contributed by atoms with Gasteiger partial charge in [-0.15, -0.1) is 11.3 Å². The highest BCUT2D eigenvalue weighted by Crippen LogP contribution is 2.33. The zero-order valence-electron chi connectivity index (χ0n) is 11.5. The number of nitrogens with one attached hydrogen (secondary N) is 1. The quantitative estimate of drug-likeness (QED) is 0.738. The molecule has 1 amide bonds. The van der Waals surface area contributed by atoms with E-state index in [2.05, 4.69) is 10.3 Å². The molecule has 0 saturated heterocycles. The van der Waals surface area contributed by atoms with Crippen LogP contribution in [0.5, 0.6) is 0 Å². The van der Waals surface area contributed by atoms with E-state index in [1.165, 1.54) is 12.1 Å². The van der Waals surface area contributed by atoms with Gasteiger partial charge in [0.15, 0.2) is 0 Å². The molecular formula is C15H10F3N3OS. The van der Waals surface area contributed by atoms with Crippen molar-refractivity contribution >= 4 is 38.8 Å². The zero-order chi connectivity index (χ0) is 16.6. The molecule has 0 spiro atoms. The van der Waals surface area contributed by atoms with Crippen molar-refractivity contribution in [1.29, 1.82) is 0 Å². The third kappa shape index (κ3) is 2.98. The number of aromatic nitrogens is 1. The molecule has 0 unspecified atom stereocenters. The predicted molar refractivity (Wildman–Crippen MR) is 83.4 cm³/mol. The molecule has 2 heterocycles. The lowest BCUT2D eigenvalue weighted by Gasteiger charge is -2.09. The minimum atomic E-state index is -4.47. The highest BCUT2D eigenvalue weighted by atomic mass is 32.1. The Balaban J connectivity index is 1.91. The third-order valence-corrected chi connectivity index (χ3v) is 4.29. The van der Waals surface area contributed by atoms with Crippen molar-refractivity contribution in [1.82, 2.24) is 4.98 Å². The summed E-state index contributed by atoms with van der Waals surface area (Å²) in [4.78, 5) is 17.2. The summed E-state index contributed by atoms with van der Waals surface area (Å²) >= 11 is 1.09. The van der Waals surface area contributed by atoms with Crippen molar-refractivity contribution in [2.45, 2.75) is 6.18 Å². The van der Waals surface area contributed by atoms with Gasteiger partial charge in [0, 0.05) is 17.3 Å². The number of halogens is 3. The van der Waals surface area contributed by atoms with Crippen molar-refractivity contribution < 1.29 is 18.0 Å². The van der Waals surface area contributed by atoms with Gasteiger partial charge in [-0.1, -0.05) is 6.07 Å². The summed E-state index contributed by atoms with van der Waals surface area (Å²) in [5.74, 6) is -0.565. The van der Waals surface area contributed by atoms with Crippen LogP contribution in [0.25, 0.3) is 10.2 Å². The fourth-order valence-corrected chi connectivity index (χ4v) is 3.04. The number of carbonyl (C=O) groups excluding carboxylic acids is 1. The molecule has 2 aromatic heterocycles. The second-order valence-electron chi connectivity index (χ2n) is 4.73. The summed E-state index contributed by atoms with van der Waals surface area (Å²) < 4.78 is 38.1. The van der Waals surface area contributed by atoms with Gasteiger partial charge >= 0.3 is 6.18 Å². The van der Waals surface area contributed by atoms with Crippen LogP contribution in [0.4, 0.5) is 24.5 Å². The van der Waals surface area contributed by atoms with E-state index in [4.69, 9.17) is 5.73 Å². The number of rotatable bonds is 2. The third-order valence-electron chi connectivity index (χ3n) is 3.16.